The lowest BCUT2D eigenvalue weighted by atomic mass is 10.1. The van der Waals surface area contributed by atoms with E-state index in [1.54, 1.807) is 6.07 Å². The third-order valence-corrected chi connectivity index (χ3v) is 3.79. The molecule has 0 aliphatic carbocycles. The van der Waals surface area contributed by atoms with Gasteiger partial charge in [-0.2, -0.15) is 0 Å². The molecule has 0 spiro atoms. The summed E-state index contributed by atoms with van der Waals surface area (Å²) in [4.78, 5) is 10.4. The first-order valence-corrected chi connectivity index (χ1v) is 7.78. The molecule has 0 fully saturated rings. The fourth-order valence-electron chi connectivity index (χ4n) is 2.19. The predicted molar refractivity (Wildman–Crippen MR) is 98.6 cm³/mol. The van der Waals surface area contributed by atoms with Crippen LogP contribution < -0.4 is 15.4 Å². The normalized spacial score (nSPS) is 11.5. The number of rotatable bonds is 5. The van der Waals surface area contributed by atoms with Crippen LogP contribution in [0.3, 0.4) is 0 Å². The Labute approximate surface area is 146 Å². The molecule has 2 rings (SSSR count). The molecule has 0 unspecified atom stereocenters. The quantitative estimate of drug-likeness (QED) is 0.485. The molecule has 2 aromatic carbocycles. The number of nitrogens with zero attached hydrogens (tertiary/aromatic N) is 1. The van der Waals surface area contributed by atoms with Crippen LogP contribution in [0.5, 0.6) is 5.75 Å². The minimum absolute atomic E-state index is 0.0228. The van der Waals surface area contributed by atoms with E-state index >= 15 is 0 Å². The first-order chi connectivity index (χ1) is 11.4. The summed E-state index contributed by atoms with van der Waals surface area (Å²) in [6, 6.07) is 12.5. The van der Waals surface area contributed by atoms with Crippen molar-refractivity contribution >= 4 is 28.7 Å². The highest BCUT2D eigenvalue weighted by Crippen LogP contribution is 2.29. The third-order valence-electron chi connectivity index (χ3n) is 3.57. The molecule has 2 N–H and O–H groups in total. The highest BCUT2D eigenvalue weighted by Gasteiger charge is 2.13. The van der Waals surface area contributed by atoms with E-state index in [0.717, 1.165) is 5.56 Å². The Balaban J connectivity index is 2.06. The molecule has 0 amide bonds. The summed E-state index contributed by atoms with van der Waals surface area (Å²) in [7, 11) is 1.45. The SMILES string of the molecule is COc1cc([N+](=O)[O-])ccc1NC(=S)N[C@@H](C)c1ccc(C)cc1. The first-order valence-electron chi connectivity index (χ1n) is 7.37. The molecule has 0 bridgehead atoms. The number of aryl methyl sites for hydroxylation is 1. The van der Waals surface area contributed by atoms with Crippen molar-refractivity contribution in [3.8, 4) is 5.75 Å². The van der Waals surface area contributed by atoms with E-state index in [-0.39, 0.29) is 11.7 Å². The van der Waals surface area contributed by atoms with Gasteiger partial charge in [-0.3, -0.25) is 10.1 Å². The van der Waals surface area contributed by atoms with Crippen LogP contribution in [0.25, 0.3) is 0 Å². The van der Waals surface area contributed by atoms with Crippen LogP contribution in [0.4, 0.5) is 11.4 Å². The molecule has 126 valence electrons. The van der Waals surface area contributed by atoms with E-state index in [0.29, 0.717) is 16.5 Å². The van der Waals surface area contributed by atoms with E-state index in [2.05, 4.69) is 10.6 Å². The zero-order valence-electron chi connectivity index (χ0n) is 13.7. The van der Waals surface area contributed by atoms with Gasteiger partial charge in [0.2, 0.25) is 0 Å². The van der Waals surface area contributed by atoms with Crippen molar-refractivity contribution in [1.82, 2.24) is 5.32 Å². The topological polar surface area (TPSA) is 76.4 Å². The van der Waals surface area contributed by atoms with Crippen molar-refractivity contribution in [2.24, 2.45) is 0 Å². The standard InChI is InChI=1S/C17H19N3O3S/c1-11-4-6-13(7-5-11)12(2)18-17(24)19-15-9-8-14(20(21)22)10-16(15)23-3/h4-10,12H,1-3H3,(H2,18,19,24)/t12-/m0/s1. The van der Waals surface area contributed by atoms with Gasteiger partial charge in [0.1, 0.15) is 5.75 Å². The van der Waals surface area contributed by atoms with Gasteiger partial charge in [0.25, 0.3) is 5.69 Å². The Morgan fingerprint density at radius 3 is 2.50 bits per heavy atom. The molecule has 0 aliphatic heterocycles. The molecular formula is C17H19N3O3S. The van der Waals surface area contributed by atoms with Gasteiger partial charge < -0.3 is 15.4 Å². The molecule has 1 atom stereocenters. The number of nitrogens with one attached hydrogen (secondary N) is 2. The minimum Gasteiger partial charge on any atom is -0.494 e. The summed E-state index contributed by atoms with van der Waals surface area (Å²) in [5.41, 5.74) is 2.84. The number of hydrogen-bond acceptors (Lipinski definition) is 4. The maximum absolute atomic E-state index is 10.8. The number of benzene rings is 2. The lowest BCUT2D eigenvalue weighted by molar-refractivity contribution is -0.384. The Kier molecular flexibility index (Phi) is 5.70. The molecular weight excluding hydrogens is 326 g/mol. The Hall–Kier alpha value is -2.67. The van der Waals surface area contributed by atoms with Crippen LogP contribution in [0.15, 0.2) is 42.5 Å². The molecule has 7 heteroatoms. The zero-order valence-corrected chi connectivity index (χ0v) is 14.5. The lowest BCUT2D eigenvalue weighted by Gasteiger charge is -2.18. The van der Waals surface area contributed by atoms with E-state index in [1.807, 2.05) is 38.1 Å². The second kappa shape index (κ2) is 7.74. The van der Waals surface area contributed by atoms with Gasteiger partial charge in [-0.1, -0.05) is 29.8 Å². The second-order valence-electron chi connectivity index (χ2n) is 5.37. The van der Waals surface area contributed by atoms with Gasteiger partial charge in [-0.25, -0.2) is 0 Å². The van der Waals surface area contributed by atoms with Crippen molar-refractivity contribution in [3.05, 3.63) is 63.7 Å². The van der Waals surface area contributed by atoms with E-state index in [4.69, 9.17) is 17.0 Å². The summed E-state index contributed by atoms with van der Waals surface area (Å²) < 4.78 is 5.19. The lowest BCUT2D eigenvalue weighted by Crippen LogP contribution is -2.31. The van der Waals surface area contributed by atoms with Gasteiger partial charge in [-0.15, -0.1) is 0 Å². The molecule has 0 aromatic heterocycles. The van der Waals surface area contributed by atoms with Gasteiger partial charge in [0.05, 0.1) is 29.8 Å². The maximum atomic E-state index is 10.8. The van der Waals surface area contributed by atoms with Crippen molar-refractivity contribution < 1.29 is 9.66 Å². The molecule has 0 saturated carbocycles. The Morgan fingerprint density at radius 1 is 1.25 bits per heavy atom. The number of non-ortho nitro benzene ring substituents is 1. The summed E-state index contributed by atoms with van der Waals surface area (Å²) in [5, 5.41) is 17.4. The van der Waals surface area contributed by atoms with Gasteiger partial charge in [0.15, 0.2) is 5.11 Å². The van der Waals surface area contributed by atoms with Crippen LogP contribution in [0, 0.1) is 17.0 Å². The number of anilines is 1. The molecule has 0 heterocycles. The van der Waals surface area contributed by atoms with Crippen molar-refractivity contribution in [2.75, 3.05) is 12.4 Å². The Bertz CT molecular complexity index is 747. The average molecular weight is 345 g/mol. The van der Waals surface area contributed by atoms with Crippen molar-refractivity contribution in [3.63, 3.8) is 0 Å². The molecule has 6 nitrogen and oxygen atoms in total. The van der Waals surface area contributed by atoms with E-state index < -0.39 is 4.92 Å². The number of nitro benzene ring substituents is 1. The number of nitro groups is 1. The molecule has 24 heavy (non-hydrogen) atoms. The van der Waals surface area contributed by atoms with Crippen LogP contribution in [0.2, 0.25) is 0 Å². The van der Waals surface area contributed by atoms with Gasteiger partial charge >= 0.3 is 0 Å². The summed E-state index contributed by atoms with van der Waals surface area (Å²) in [5.74, 6) is 0.358. The van der Waals surface area contributed by atoms with Crippen LogP contribution in [-0.4, -0.2) is 17.1 Å². The van der Waals surface area contributed by atoms with Crippen LogP contribution >= 0.6 is 12.2 Å². The Morgan fingerprint density at radius 2 is 1.92 bits per heavy atom. The zero-order chi connectivity index (χ0) is 17.7. The number of thiocarbonyl (C=S) groups is 1. The van der Waals surface area contributed by atoms with E-state index in [9.17, 15) is 10.1 Å². The highest BCUT2D eigenvalue weighted by atomic mass is 32.1. The van der Waals surface area contributed by atoms with Crippen LogP contribution in [0.1, 0.15) is 24.1 Å². The van der Waals surface area contributed by atoms with Crippen molar-refractivity contribution in [2.45, 2.75) is 19.9 Å². The van der Waals surface area contributed by atoms with Crippen molar-refractivity contribution in [1.29, 1.82) is 0 Å². The fraction of sp³-hybridized carbons (Fsp3) is 0.235. The van der Waals surface area contributed by atoms with Gasteiger partial charge in [-0.05, 0) is 37.7 Å². The number of hydrogen-bond donors (Lipinski definition) is 2. The number of methoxy groups -OCH3 is 1. The third kappa shape index (κ3) is 4.42. The fourth-order valence-corrected chi connectivity index (χ4v) is 2.48. The van der Waals surface area contributed by atoms with E-state index in [1.165, 1.54) is 24.8 Å². The molecule has 0 radical (unpaired) electrons. The monoisotopic (exact) mass is 345 g/mol. The predicted octanol–water partition coefficient (Wildman–Crippen LogP) is 3.96. The van der Waals surface area contributed by atoms with Crippen LogP contribution in [-0.2, 0) is 0 Å². The second-order valence-corrected chi connectivity index (χ2v) is 5.78. The summed E-state index contributed by atoms with van der Waals surface area (Å²) in [6.07, 6.45) is 0. The molecule has 0 aliphatic rings. The summed E-state index contributed by atoms with van der Waals surface area (Å²) >= 11 is 5.32. The smallest absolute Gasteiger partial charge is 0.273 e. The average Bonchev–Trinajstić information content (AvgIpc) is 2.55. The largest absolute Gasteiger partial charge is 0.494 e. The summed E-state index contributed by atoms with van der Waals surface area (Å²) in [6.45, 7) is 4.04. The highest BCUT2D eigenvalue weighted by molar-refractivity contribution is 7.80. The maximum Gasteiger partial charge on any atom is 0.273 e. The number of ether oxygens (including phenoxy) is 1. The van der Waals surface area contributed by atoms with Gasteiger partial charge in [0, 0.05) is 6.07 Å². The minimum atomic E-state index is -0.470. The molecule has 0 saturated heterocycles. The molecule has 2 aromatic rings. The first kappa shape index (κ1) is 17.7.